The molecule has 1 unspecified atom stereocenters. The minimum absolute atomic E-state index is 0.0704. The number of amides is 1. The van der Waals surface area contributed by atoms with E-state index in [0.29, 0.717) is 23.5 Å². The summed E-state index contributed by atoms with van der Waals surface area (Å²) in [5.74, 6) is -1.28. The molecule has 1 aliphatic rings. The van der Waals surface area contributed by atoms with Crippen molar-refractivity contribution in [3.8, 4) is 5.75 Å². The first-order chi connectivity index (χ1) is 16.4. The summed E-state index contributed by atoms with van der Waals surface area (Å²) in [5, 5.41) is 22.2. The quantitative estimate of drug-likeness (QED) is 0.182. The molecule has 0 bridgehead atoms. The lowest BCUT2D eigenvalue weighted by molar-refractivity contribution is -0.384. The van der Waals surface area contributed by atoms with Crippen molar-refractivity contribution in [3.05, 3.63) is 111 Å². The van der Waals surface area contributed by atoms with E-state index in [4.69, 9.17) is 4.74 Å². The topological polar surface area (TPSA) is 110 Å². The van der Waals surface area contributed by atoms with E-state index < -0.39 is 22.7 Å². The van der Waals surface area contributed by atoms with Crippen LogP contribution in [0.5, 0.6) is 5.75 Å². The third-order valence-corrected chi connectivity index (χ3v) is 5.59. The van der Waals surface area contributed by atoms with Crippen molar-refractivity contribution < 1.29 is 24.4 Å². The average Bonchev–Trinajstić information content (AvgIpc) is 3.10. The van der Waals surface area contributed by atoms with Crippen LogP contribution in [0, 0.1) is 10.1 Å². The first-order valence-electron chi connectivity index (χ1n) is 10.7. The lowest BCUT2D eigenvalue weighted by atomic mass is 9.95. The highest BCUT2D eigenvalue weighted by molar-refractivity contribution is 6.46. The molecule has 4 rings (SSSR count). The minimum atomic E-state index is -0.910. The van der Waals surface area contributed by atoms with E-state index in [0.717, 1.165) is 5.56 Å². The van der Waals surface area contributed by atoms with Crippen LogP contribution in [0.3, 0.4) is 0 Å². The molecule has 34 heavy (non-hydrogen) atoms. The predicted molar refractivity (Wildman–Crippen MR) is 125 cm³/mol. The predicted octanol–water partition coefficient (Wildman–Crippen LogP) is 4.62. The summed E-state index contributed by atoms with van der Waals surface area (Å²) in [4.78, 5) is 38.1. The monoisotopic (exact) mass is 458 g/mol. The van der Waals surface area contributed by atoms with Gasteiger partial charge in [-0.15, -0.1) is 0 Å². The van der Waals surface area contributed by atoms with Gasteiger partial charge in [-0.1, -0.05) is 30.3 Å². The molecule has 0 aromatic heterocycles. The Morgan fingerprint density at radius 2 is 1.65 bits per heavy atom. The van der Waals surface area contributed by atoms with Gasteiger partial charge in [0.15, 0.2) is 0 Å². The average molecular weight is 458 g/mol. The Morgan fingerprint density at radius 3 is 2.24 bits per heavy atom. The summed E-state index contributed by atoms with van der Waals surface area (Å²) >= 11 is 0. The van der Waals surface area contributed by atoms with Crippen LogP contribution >= 0.6 is 0 Å². The number of ether oxygens (including phenoxy) is 1. The zero-order chi connectivity index (χ0) is 24.2. The molecule has 1 heterocycles. The van der Waals surface area contributed by atoms with Crippen molar-refractivity contribution in [1.82, 2.24) is 4.90 Å². The summed E-state index contributed by atoms with van der Waals surface area (Å²) in [5.41, 5.74) is 1.45. The van der Waals surface area contributed by atoms with Crippen LogP contribution in [-0.2, 0) is 16.1 Å². The molecule has 1 fully saturated rings. The molecule has 0 aliphatic carbocycles. The number of benzene rings is 3. The van der Waals surface area contributed by atoms with Gasteiger partial charge in [-0.05, 0) is 54.4 Å². The molecule has 1 N–H and O–H groups in total. The van der Waals surface area contributed by atoms with E-state index in [2.05, 4.69) is 0 Å². The fourth-order valence-electron chi connectivity index (χ4n) is 3.98. The normalized spacial score (nSPS) is 17.1. The van der Waals surface area contributed by atoms with Crippen molar-refractivity contribution in [1.29, 1.82) is 0 Å². The van der Waals surface area contributed by atoms with Gasteiger partial charge in [-0.2, -0.15) is 0 Å². The van der Waals surface area contributed by atoms with Gasteiger partial charge in [-0.25, -0.2) is 0 Å². The second-order valence-electron chi connectivity index (χ2n) is 7.72. The highest BCUT2D eigenvalue weighted by Gasteiger charge is 2.46. The summed E-state index contributed by atoms with van der Waals surface area (Å²) < 4.78 is 5.43. The maximum absolute atomic E-state index is 13.1. The third kappa shape index (κ3) is 4.38. The van der Waals surface area contributed by atoms with Crippen molar-refractivity contribution >= 4 is 23.1 Å². The molecule has 3 aromatic rings. The van der Waals surface area contributed by atoms with Crippen LogP contribution < -0.4 is 4.74 Å². The number of carbonyl (C=O) groups is 2. The number of carbonyl (C=O) groups excluding carboxylic acids is 2. The molecule has 0 radical (unpaired) electrons. The van der Waals surface area contributed by atoms with Gasteiger partial charge in [0, 0.05) is 24.2 Å². The largest absolute Gasteiger partial charge is 0.507 e. The maximum atomic E-state index is 13.1. The van der Waals surface area contributed by atoms with Crippen molar-refractivity contribution in [2.45, 2.75) is 19.5 Å². The zero-order valence-electron chi connectivity index (χ0n) is 18.4. The number of hydrogen-bond donors (Lipinski definition) is 1. The summed E-state index contributed by atoms with van der Waals surface area (Å²) in [7, 11) is 0. The summed E-state index contributed by atoms with van der Waals surface area (Å²) in [6, 6.07) is 20.4. The lowest BCUT2D eigenvalue weighted by Gasteiger charge is -2.25. The van der Waals surface area contributed by atoms with Gasteiger partial charge in [0.05, 0.1) is 23.1 Å². The molecule has 0 saturated carbocycles. The first-order valence-corrected chi connectivity index (χ1v) is 10.7. The summed E-state index contributed by atoms with van der Waals surface area (Å²) in [6.45, 7) is 2.47. The fraction of sp³-hybridized carbons (Fsp3) is 0.154. The van der Waals surface area contributed by atoms with Crippen LogP contribution in [0.2, 0.25) is 0 Å². The molecule has 8 nitrogen and oxygen atoms in total. The SMILES string of the molecule is CCOc1ccc(C(O)=C2C(=O)C(=O)N(Cc3ccccc3)C2c2ccc([N+](=O)[O-])cc2)cc1. The fourth-order valence-corrected chi connectivity index (χ4v) is 3.98. The number of aliphatic hydroxyl groups excluding tert-OH is 1. The molecular weight excluding hydrogens is 436 g/mol. The van der Waals surface area contributed by atoms with Gasteiger partial charge in [0.1, 0.15) is 11.5 Å². The Kier molecular flexibility index (Phi) is 6.40. The van der Waals surface area contributed by atoms with Gasteiger partial charge in [0.25, 0.3) is 17.4 Å². The Labute approximate surface area is 195 Å². The maximum Gasteiger partial charge on any atom is 0.295 e. The van der Waals surface area contributed by atoms with Crippen LogP contribution in [0.1, 0.15) is 29.7 Å². The third-order valence-electron chi connectivity index (χ3n) is 5.59. The van der Waals surface area contributed by atoms with Crippen molar-refractivity contribution in [3.63, 3.8) is 0 Å². The molecule has 1 saturated heterocycles. The number of aliphatic hydroxyl groups is 1. The number of rotatable bonds is 7. The van der Waals surface area contributed by atoms with Crippen molar-refractivity contribution in [2.24, 2.45) is 0 Å². The second-order valence-corrected chi connectivity index (χ2v) is 7.72. The zero-order valence-corrected chi connectivity index (χ0v) is 18.4. The minimum Gasteiger partial charge on any atom is -0.507 e. The van der Waals surface area contributed by atoms with Crippen LogP contribution in [-0.4, -0.2) is 33.2 Å². The smallest absolute Gasteiger partial charge is 0.295 e. The highest BCUT2D eigenvalue weighted by atomic mass is 16.6. The molecular formula is C26H22N2O6. The van der Waals surface area contributed by atoms with Gasteiger partial charge < -0.3 is 14.7 Å². The van der Waals surface area contributed by atoms with Gasteiger partial charge in [0.2, 0.25) is 0 Å². The number of ketones is 1. The first kappa shape index (κ1) is 22.7. The number of likely N-dealkylation sites (tertiary alicyclic amines) is 1. The van der Waals surface area contributed by atoms with Crippen molar-refractivity contribution in [2.75, 3.05) is 6.61 Å². The second kappa shape index (κ2) is 9.58. The van der Waals surface area contributed by atoms with Crippen LogP contribution in [0.25, 0.3) is 5.76 Å². The van der Waals surface area contributed by atoms with Gasteiger partial charge >= 0.3 is 0 Å². The summed E-state index contributed by atoms with van der Waals surface area (Å²) in [6.07, 6.45) is 0. The van der Waals surface area contributed by atoms with E-state index in [-0.39, 0.29) is 23.6 Å². The Bertz CT molecular complexity index is 1250. The highest BCUT2D eigenvalue weighted by Crippen LogP contribution is 2.40. The molecule has 0 spiro atoms. The number of non-ortho nitro benzene ring substituents is 1. The van der Waals surface area contributed by atoms with Crippen LogP contribution in [0.15, 0.2) is 84.4 Å². The lowest BCUT2D eigenvalue weighted by Crippen LogP contribution is -2.29. The van der Waals surface area contributed by atoms with E-state index in [1.807, 2.05) is 37.3 Å². The van der Waals surface area contributed by atoms with E-state index in [1.165, 1.54) is 29.2 Å². The standard InChI is InChI=1S/C26H22N2O6/c1-2-34-21-14-10-19(11-15-21)24(29)22-23(18-8-12-20(13-9-18)28(32)33)27(26(31)25(22)30)16-17-6-4-3-5-7-17/h3-15,23,29H,2,16H2,1H3. The molecule has 1 aliphatic heterocycles. The number of Topliss-reactive ketones (excluding diaryl/α,β-unsaturated/α-hetero) is 1. The Hall–Kier alpha value is -4.46. The Morgan fingerprint density at radius 1 is 1.00 bits per heavy atom. The van der Waals surface area contributed by atoms with E-state index >= 15 is 0 Å². The van der Waals surface area contributed by atoms with E-state index in [9.17, 15) is 24.8 Å². The number of nitro groups is 1. The molecule has 172 valence electrons. The Balaban J connectivity index is 1.82. The van der Waals surface area contributed by atoms with E-state index in [1.54, 1.807) is 24.3 Å². The van der Waals surface area contributed by atoms with Crippen LogP contribution in [0.4, 0.5) is 5.69 Å². The van der Waals surface area contributed by atoms with Gasteiger partial charge in [-0.3, -0.25) is 19.7 Å². The number of hydrogen-bond acceptors (Lipinski definition) is 6. The molecule has 8 heteroatoms. The number of nitro benzene ring substituents is 1. The molecule has 1 amide bonds. The molecule has 3 aromatic carbocycles. The molecule has 1 atom stereocenters. The number of nitrogens with zero attached hydrogens (tertiary/aromatic N) is 2.